The van der Waals surface area contributed by atoms with Crippen LogP contribution in [0, 0.1) is 6.92 Å². The molecule has 4 aromatic rings. The minimum absolute atomic E-state index is 0.124. The number of thiophene rings is 1. The van der Waals surface area contributed by atoms with Crippen molar-refractivity contribution in [3.8, 4) is 5.75 Å². The summed E-state index contributed by atoms with van der Waals surface area (Å²) >= 11 is 1.14. The minimum Gasteiger partial charge on any atom is -0.495 e. The number of Topliss-reactive ketones (excluding diaryl/α,β-unsaturated/α-hetero) is 1. The lowest BCUT2D eigenvalue weighted by molar-refractivity contribution is 0.0969. The molecule has 0 saturated carbocycles. The van der Waals surface area contributed by atoms with E-state index < -0.39 is 0 Å². The van der Waals surface area contributed by atoms with E-state index in [-0.39, 0.29) is 23.8 Å². The van der Waals surface area contributed by atoms with E-state index in [1.165, 1.54) is 18.0 Å². The molecule has 4 rings (SSSR count). The van der Waals surface area contributed by atoms with E-state index in [0.717, 1.165) is 16.9 Å². The van der Waals surface area contributed by atoms with E-state index in [0.29, 0.717) is 43.6 Å². The zero-order valence-corrected chi connectivity index (χ0v) is 20.2. The SMILES string of the molecule is COc1ccccc1NC(=O)c1sc2ncn(CC(=O)c3ccc(C(C)C)cc3)c(=O)c2c1C. The van der Waals surface area contributed by atoms with Crippen LogP contribution in [0.2, 0.25) is 0 Å². The second-order valence-electron chi connectivity index (χ2n) is 8.27. The fourth-order valence-corrected chi connectivity index (χ4v) is 4.75. The summed E-state index contributed by atoms with van der Waals surface area (Å²) < 4.78 is 6.58. The van der Waals surface area contributed by atoms with Crippen molar-refractivity contribution in [3.63, 3.8) is 0 Å². The van der Waals surface area contributed by atoms with Crippen molar-refractivity contribution in [1.82, 2.24) is 9.55 Å². The molecule has 8 heteroatoms. The highest BCUT2D eigenvalue weighted by atomic mass is 32.1. The van der Waals surface area contributed by atoms with Crippen molar-refractivity contribution in [2.45, 2.75) is 33.2 Å². The van der Waals surface area contributed by atoms with Gasteiger partial charge in [-0.1, -0.05) is 50.2 Å². The number of amides is 1. The maximum atomic E-state index is 13.2. The molecule has 0 aliphatic heterocycles. The smallest absolute Gasteiger partial charge is 0.266 e. The molecule has 0 spiro atoms. The first-order valence-corrected chi connectivity index (χ1v) is 11.7. The molecule has 0 fully saturated rings. The monoisotopic (exact) mass is 475 g/mol. The number of carbonyl (C=O) groups excluding carboxylic acids is 2. The standard InChI is InChI=1S/C26H25N3O4S/c1-15(2)17-9-11-18(12-10-17)20(30)13-29-14-27-25-22(26(29)32)16(3)23(34-25)24(31)28-19-7-5-6-8-21(19)33-4/h5-12,14-15H,13H2,1-4H3,(H,28,31). The predicted octanol–water partition coefficient (Wildman–Crippen LogP) is 5.03. The Morgan fingerprint density at radius 3 is 2.50 bits per heavy atom. The molecule has 34 heavy (non-hydrogen) atoms. The number of ketones is 1. The number of hydrogen-bond donors (Lipinski definition) is 1. The molecule has 0 aliphatic rings. The molecule has 0 aliphatic carbocycles. The molecular formula is C26H25N3O4S. The third kappa shape index (κ3) is 4.49. The molecule has 1 amide bonds. The third-order valence-electron chi connectivity index (χ3n) is 5.69. The Bertz CT molecular complexity index is 1430. The van der Waals surface area contributed by atoms with Crippen LogP contribution >= 0.6 is 11.3 Å². The fourth-order valence-electron chi connectivity index (χ4n) is 3.72. The molecule has 2 aromatic carbocycles. The van der Waals surface area contributed by atoms with Gasteiger partial charge in [-0.2, -0.15) is 0 Å². The Labute approximate surface area is 201 Å². The number of anilines is 1. The number of ether oxygens (including phenoxy) is 1. The summed E-state index contributed by atoms with van der Waals surface area (Å²) in [5, 5.41) is 3.18. The van der Waals surface area contributed by atoms with Crippen LogP contribution in [0.1, 0.15) is 50.9 Å². The van der Waals surface area contributed by atoms with Gasteiger partial charge < -0.3 is 10.1 Å². The second kappa shape index (κ2) is 9.61. The van der Waals surface area contributed by atoms with E-state index in [9.17, 15) is 14.4 Å². The number of para-hydroxylation sites is 2. The van der Waals surface area contributed by atoms with Crippen molar-refractivity contribution < 1.29 is 14.3 Å². The van der Waals surface area contributed by atoms with Gasteiger partial charge in [0, 0.05) is 5.56 Å². The number of rotatable bonds is 7. The first-order chi connectivity index (χ1) is 16.3. The van der Waals surface area contributed by atoms with Crippen LogP contribution < -0.4 is 15.6 Å². The van der Waals surface area contributed by atoms with E-state index in [1.807, 2.05) is 18.2 Å². The predicted molar refractivity (Wildman–Crippen MR) is 134 cm³/mol. The first kappa shape index (κ1) is 23.4. The van der Waals surface area contributed by atoms with Gasteiger partial charge in [0.1, 0.15) is 10.6 Å². The lowest BCUT2D eigenvalue weighted by Crippen LogP contribution is -2.24. The van der Waals surface area contributed by atoms with Crippen LogP contribution in [0.3, 0.4) is 0 Å². The second-order valence-corrected chi connectivity index (χ2v) is 9.27. The highest BCUT2D eigenvalue weighted by Crippen LogP contribution is 2.29. The van der Waals surface area contributed by atoms with Crippen LogP contribution in [0.5, 0.6) is 5.75 Å². The molecule has 7 nitrogen and oxygen atoms in total. The fraction of sp³-hybridized carbons (Fsp3) is 0.231. The Balaban J connectivity index is 1.61. The number of hydrogen-bond acceptors (Lipinski definition) is 6. The van der Waals surface area contributed by atoms with Gasteiger partial charge in [0.25, 0.3) is 11.5 Å². The molecule has 174 valence electrons. The van der Waals surface area contributed by atoms with E-state index in [2.05, 4.69) is 24.1 Å². The van der Waals surface area contributed by atoms with Gasteiger partial charge in [-0.05, 0) is 36.1 Å². The van der Waals surface area contributed by atoms with Crippen molar-refractivity contribution in [3.05, 3.63) is 86.8 Å². The van der Waals surface area contributed by atoms with Gasteiger partial charge in [-0.25, -0.2) is 4.98 Å². The molecule has 0 bridgehead atoms. The maximum Gasteiger partial charge on any atom is 0.266 e. The van der Waals surface area contributed by atoms with E-state index in [4.69, 9.17) is 4.74 Å². The Hall–Kier alpha value is -3.78. The molecule has 1 N–H and O–H groups in total. The molecule has 0 unspecified atom stereocenters. The lowest BCUT2D eigenvalue weighted by atomic mass is 10.0. The number of nitrogens with zero attached hydrogens (tertiary/aromatic N) is 2. The van der Waals surface area contributed by atoms with E-state index in [1.54, 1.807) is 37.3 Å². The largest absolute Gasteiger partial charge is 0.495 e. The minimum atomic E-state index is -0.350. The maximum absolute atomic E-state index is 13.2. The van der Waals surface area contributed by atoms with Gasteiger partial charge in [-0.3, -0.25) is 19.0 Å². The molecule has 2 aromatic heterocycles. The topological polar surface area (TPSA) is 90.3 Å². The van der Waals surface area contributed by atoms with Crippen LogP contribution in [0.25, 0.3) is 10.2 Å². The first-order valence-electron chi connectivity index (χ1n) is 10.9. The van der Waals surface area contributed by atoms with E-state index >= 15 is 0 Å². The quantitative estimate of drug-likeness (QED) is 0.379. The summed E-state index contributed by atoms with van der Waals surface area (Å²) in [6, 6.07) is 14.5. The number of fused-ring (bicyclic) bond motifs is 1. The summed E-state index contributed by atoms with van der Waals surface area (Å²) in [5.74, 6) is 0.377. The Kier molecular flexibility index (Phi) is 6.61. The lowest BCUT2D eigenvalue weighted by Gasteiger charge is -2.09. The average molecular weight is 476 g/mol. The zero-order chi connectivity index (χ0) is 24.4. The number of carbonyl (C=O) groups is 2. The molecule has 2 heterocycles. The van der Waals surface area contributed by atoms with Crippen molar-refractivity contribution >= 4 is 38.9 Å². The summed E-state index contributed by atoms with van der Waals surface area (Å²) in [7, 11) is 1.53. The van der Waals surface area contributed by atoms with Crippen LogP contribution in [0.4, 0.5) is 5.69 Å². The summed E-state index contributed by atoms with van der Waals surface area (Å²) in [4.78, 5) is 44.1. The number of aromatic nitrogens is 2. The molecule has 0 atom stereocenters. The highest BCUT2D eigenvalue weighted by molar-refractivity contribution is 7.20. The van der Waals surface area contributed by atoms with Gasteiger partial charge in [-0.15, -0.1) is 11.3 Å². The van der Waals surface area contributed by atoms with Crippen molar-refractivity contribution in [2.75, 3.05) is 12.4 Å². The number of methoxy groups -OCH3 is 1. The van der Waals surface area contributed by atoms with Crippen LogP contribution in [-0.4, -0.2) is 28.4 Å². The summed E-state index contributed by atoms with van der Waals surface area (Å²) in [6.07, 6.45) is 1.36. The molecule has 0 radical (unpaired) electrons. The van der Waals surface area contributed by atoms with Crippen LogP contribution in [-0.2, 0) is 6.54 Å². The van der Waals surface area contributed by atoms with Crippen LogP contribution in [0.15, 0.2) is 59.7 Å². The summed E-state index contributed by atoms with van der Waals surface area (Å²) in [6.45, 7) is 5.77. The zero-order valence-electron chi connectivity index (χ0n) is 19.4. The van der Waals surface area contributed by atoms with Gasteiger partial charge >= 0.3 is 0 Å². The number of aryl methyl sites for hydroxylation is 1. The molecular weight excluding hydrogens is 450 g/mol. The third-order valence-corrected chi connectivity index (χ3v) is 6.89. The number of benzene rings is 2. The van der Waals surface area contributed by atoms with Crippen molar-refractivity contribution in [2.24, 2.45) is 0 Å². The Morgan fingerprint density at radius 1 is 1.12 bits per heavy atom. The van der Waals surface area contributed by atoms with Gasteiger partial charge in [0.2, 0.25) is 0 Å². The molecule has 0 saturated heterocycles. The van der Waals surface area contributed by atoms with Gasteiger partial charge in [0.05, 0.1) is 35.9 Å². The van der Waals surface area contributed by atoms with Crippen molar-refractivity contribution in [1.29, 1.82) is 0 Å². The summed E-state index contributed by atoms with van der Waals surface area (Å²) in [5.41, 5.74) is 2.40. The average Bonchev–Trinajstić information content (AvgIpc) is 3.18. The van der Waals surface area contributed by atoms with Gasteiger partial charge in [0.15, 0.2) is 5.78 Å². The Morgan fingerprint density at radius 2 is 1.82 bits per heavy atom. The normalized spacial score (nSPS) is 11.1. The number of nitrogens with one attached hydrogen (secondary N) is 1. The highest BCUT2D eigenvalue weighted by Gasteiger charge is 2.21.